The molecular weight excluding hydrogens is 254 g/mol. The molecular formula is C16H23NO3. The third-order valence-corrected chi connectivity index (χ3v) is 3.23. The summed E-state index contributed by atoms with van der Waals surface area (Å²) in [5.74, 6) is -0.197. The average molecular weight is 277 g/mol. The van der Waals surface area contributed by atoms with Crippen molar-refractivity contribution in [3.8, 4) is 0 Å². The first-order valence-corrected chi connectivity index (χ1v) is 7.06. The van der Waals surface area contributed by atoms with Gasteiger partial charge in [-0.25, -0.2) is 0 Å². The summed E-state index contributed by atoms with van der Waals surface area (Å²) in [5, 5.41) is 3.22. The van der Waals surface area contributed by atoms with Gasteiger partial charge in [0.25, 0.3) is 0 Å². The van der Waals surface area contributed by atoms with Gasteiger partial charge in [-0.3, -0.25) is 4.79 Å². The van der Waals surface area contributed by atoms with Crippen molar-refractivity contribution >= 4 is 5.97 Å². The number of benzene rings is 1. The van der Waals surface area contributed by atoms with E-state index in [0.29, 0.717) is 26.2 Å². The van der Waals surface area contributed by atoms with E-state index in [1.807, 2.05) is 32.9 Å². The highest BCUT2D eigenvalue weighted by Crippen LogP contribution is 2.16. The molecule has 0 saturated heterocycles. The fourth-order valence-electron chi connectivity index (χ4n) is 2.21. The van der Waals surface area contributed by atoms with Crippen LogP contribution in [-0.4, -0.2) is 30.8 Å². The van der Waals surface area contributed by atoms with Crippen molar-refractivity contribution in [1.29, 1.82) is 0 Å². The maximum Gasteiger partial charge on any atom is 0.323 e. The molecule has 2 rings (SSSR count). The van der Waals surface area contributed by atoms with Gasteiger partial charge in [-0.15, -0.1) is 0 Å². The Hall–Kier alpha value is -1.39. The Balaban J connectivity index is 1.77. The summed E-state index contributed by atoms with van der Waals surface area (Å²) >= 11 is 0. The molecule has 0 bridgehead atoms. The smallest absolute Gasteiger partial charge is 0.323 e. The molecule has 1 aliphatic rings. The molecule has 1 atom stereocenters. The second kappa shape index (κ2) is 6.37. The highest BCUT2D eigenvalue weighted by atomic mass is 16.6. The monoisotopic (exact) mass is 277 g/mol. The molecule has 1 unspecified atom stereocenters. The number of hydrogen-bond acceptors (Lipinski definition) is 4. The lowest BCUT2D eigenvalue weighted by Gasteiger charge is -2.25. The van der Waals surface area contributed by atoms with Crippen molar-refractivity contribution in [2.24, 2.45) is 0 Å². The van der Waals surface area contributed by atoms with Gasteiger partial charge in [0.2, 0.25) is 0 Å². The largest absolute Gasteiger partial charge is 0.462 e. The summed E-state index contributed by atoms with van der Waals surface area (Å²) < 4.78 is 10.8. The van der Waals surface area contributed by atoms with Crippen LogP contribution in [0.1, 0.15) is 31.9 Å². The Bertz CT molecular complexity index is 465. The molecule has 4 heteroatoms. The summed E-state index contributed by atoms with van der Waals surface area (Å²) in [5.41, 5.74) is 2.28. The van der Waals surface area contributed by atoms with Crippen molar-refractivity contribution in [1.82, 2.24) is 5.32 Å². The van der Waals surface area contributed by atoms with Gasteiger partial charge < -0.3 is 14.8 Å². The molecule has 4 nitrogen and oxygen atoms in total. The average Bonchev–Trinajstić information content (AvgIpc) is 2.42. The predicted molar refractivity (Wildman–Crippen MR) is 77.4 cm³/mol. The van der Waals surface area contributed by atoms with Gasteiger partial charge in [-0.05, 0) is 38.3 Å². The number of carbonyl (C=O) groups is 1. The number of esters is 1. The molecule has 0 amide bonds. The van der Waals surface area contributed by atoms with Gasteiger partial charge in [0.1, 0.15) is 12.6 Å². The van der Waals surface area contributed by atoms with Crippen LogP contribution in [0.5, 0.6) is 0 Å². The quantitative estimate of drug-likeness (QED) is 0.676. The van der Waals surface area contributed by atoms with Crippen molar-refractivity contribution in [2.45, 2.75) is 45.4 Å². The molecule has 1 N–H and O–H groups in total. The number of carbonyl (C=O) groups excluding carboxylic acids is 1. The van der Waals surface area contributed by atoms with Crippen molar-refractivity contribution in [2.75, 3.05) is 13.2 Å². The summed E-state index contributed by atoms with van der Waals surface area (Å²) in [6.07, 6.45) is 0.690. The summed E-state index contributed by atoms with van der Waals surface area (Å²) in [7, 11) is 0. The number of nitrogens with one attached hydrogen (secondary N) is 1. The van der Waals surface area contributed by atoms with E-state index in [4.69, 9.17) is 9.47 Å². The zero-order valence-corrected chi connectivity index (χ0v) is 12.4. The van der Waals surface area contributed by atoms with E-state index < -0.39 is 0 Å². The van der Waals surface area contributed by atoms with Crippen LogP contribution in [0.25, 0.3) is 0 Å². The summed E-state index contributed by atoms with van der Waals surface area (Å²) in [4.78, 5) is 12.0. The van der Waals surface area contributed by atoms with Gasteiger partial charge in [0, 0.05) is 6.54 Å². The topological polar surface area (TPSA) is 47.6 Å². The van der Waals surface area contributed by atoms with Gasteiger partial charge in [-0.1, -0.05) is 24.3 Å². The molecule has 20 heavy (non-hydrogen) atoms. The van der Waals surface area contributed by atoms with Crippen LogP contribution in [0.3, 0.4) is 0 Å². The zero-order valence-electron chi connectivity index (χ0n) is 12.4. The highest BCUT2D eigenvalue weighted by Gasteiger charge is 2.25. The summed E-state index contributed by atoms with van der Waals surface area (Å²) in [6, 6.07) is 7.92. The molecule has 0 aliphatic carbocycles. The van der Waals surface area contributed by atoms with Crippen LogP contribution in [0.4, 0.5) is 0 Å². The third kappa shape index (κ3) is 4.32. The lowest BCUT2D eigenvalue weighted by atomic mass is 9.96. The molecule has 0 aromatic heterocycles. The first-order valence-electron chi connectivity index (χ1n) is 7.06. The van der Waals surface area contributed by atoms with E-state index in [-0.39, 0.29) is 17.6 Å². The van der Waals surface area contributed by atoms with Gasteiger partial charge in [-0.2, -0.15) is 0 Å². The minimum absolute atomic E-state index is 0.197. The maximum absolute atomic E-state index is 12.0. The second-order valence-electron chi connectivity index (χ2n) is 6.03. The van der Waals surface area contributed by atoms with Crippen molar-refractivity contribution in [3.05, 3.63) is 35.4 Å². The molecule has 0 fully saturated rings. The molecule has 110 valence electrons. The van der Waals surface area contributed by atoms with Crippen LogP contribution in [0.2, 0.25) is 0 Å². The number of rotatable bonds is 4. The van der Waals surface area contributed by atoms with Gasteiger partial charge >= 0.3 is 5.97 Å². The van der Waals surface area contributed by atoms with Crippen molar-refractivity contribution in [3.63, 3.8) is 0 Å². The van der Waals surface area contributed by atoms with Gasteiger partial charge in [0.15, 0.2) is 0 Å². The van der Waals surface area contributed by atoms with E-state index in [2.05, 4.69) is 17.4 Å². The number of ether oxygens (including phenoxy) is 2. The SMILES string of the molecule is CC(C)(C)OCCOC(=O)C1Cc2ccccc2CN1. The molecule has 1 aromatic rings. The highest BCUT2D eigenvalue weighted by molar-refractivity contribution is 5.76. The first kappa shape index (κ1) is 15.0. The van der Waals surface area contributed by atoms with E-state index in [0.717, 1.165) is 0 Å². The maximum atomic E-state index is 12.0. The molecule has 1 aromatic carbocycles. The van der Waals surface area contributed by atoms with Crippen LogP contribution in [0.15, 0.2) is 24.3 Å². The molecule has 0 radical (unpaired) electrons. The van der Waals surface area contributed by atoms with Crippen LogP contribution < -0.4 is 5.32 Å². The zero-order chi connectivity index (χ0) is 14.6. The van der Waals surface area contributed by atoms with Crippen molar-refractivity contribution < 1.29 is 14.3 Å². The Kier molecular flexibility index (Phi) is 4.78. The van der Waals surface area contributed by atoms with E-state index in [1.54, 1.807) is 0 Å². The third-order valence-electron chi connectivity index (χ3n) is 3.23. The normalized spacial score (nSPS) is 18.4. The summed E-state index contributed by atoms with van der Waals surface area (Å²) in [6.45, 7) is 7.39. The van der Waals surface area contributed by atoms with Crippen LogP contribution in [-0.2, 0) is 27.2 Å². The Morgan fingerprint density at radius 2 is 1.95 bits per heavy atom. The van der Waals surface area contributed by atoms with E-state index in [1.165, 1.54) is 11.1 Å². The fraction of sp³-hybridized carbons (Fsp3) is 0.562. The molecule has 1 aliphatic heterocycles. The van der Waals surface area contributed by atoms with Crippen LogP contribution in [0, 0.1) is 0 Å². The lowest BCUT2D eigenvalue weighted by Crippen LogP contribution is -2.43. The lowest BCUT2D eigenvalue weighted by molar-refractivity contribution is -0.149. The Morgan fingerprint density at radius 3 is 2.65 bits per heavy atom. The molecule has 1 heterocycles. The minimum Gasteiger partial charge on any atom is -0.462 e. The van der Waals surface area contributed by atoms with E-state index in [9.17, 15) is 4.79 Å². The number of fused-ring (bicyclic) bond motifs is 1. The molecule has 0 saturated carbocycles. The minimum atomic E-state index is -0.250. The van der Waals surface area contributed by atoms with Gasteiger partial charge in [0.05, 0.1) is 12.2 Å². The van der Waals surface area contributed by atoms with Crippen LogP contribution >= 0.6 is 0 Å². The fourth-order valence-corrected chi connectivity index (χ4v) is 2.21. The second-order valence-corrected chi connectivity index (χ2v) is 6.03. The predicted octanol–water partition coefficient (Wildman–Crippen LogP) is 2.06. The molecule has 0 spiro atoms. The number of hydrogen-bond donors (Lipinski definition) is 1. The Labute approximate surface area is 120 Å². The standard InChI is InChI=1S/C16H23NO3/c1-16(2,3)20-9-8-19-15(18)14-10-12-6-4-5-7-13(12)11-17-14/h4-7,14,17H,8-11H2,1-3H3. The van der Waals surface area contributed by atoms with E-state index >= 15 is 0 Å². The first-order chi connectivity index (χ1) is 9.46. The Morgan fingerprint density at radius 1 is 1.25 bits per heavy atom.